The van der Waals surface area contributed by atoms with Crippen molar-refractivity contribution in [3.63, 3.8) is 0 Å². The average molecular weight is 292 g/mol. The van der Waals surface area contributed by atoms with Crippen molar-refractivity contribution in [3.8, 4) is 5.75 Å². The van der Waals surface area contributed by atoms with Gasteiger partial charge in [0.1, 0.15) is 12.0 Å². The molecule has 1 heterocycles. The molecule has 0 bridgehead atoms. The molecule has 0 amide bonds. The van der Waals surface area contributed by atoms with Crippen molar-refractivity contribution in [2.45, 2.75) is 38.9 Å². The van der Waals surface area contributed by atoms with Crippen LogP contribution in [0.25, 0.3) is 0 Å². The van der Waals surface area contributed by atoms with Crippen LogP contribution in [0.3, 0.4) is 0 Å². The maximum Gasteiger partial charge on any atom is 0.498 e. The minimum absolute atomic E-state index is 0.0921. The highest BCUT2D eigenvalue weighted by Gasteiger charge is 2.52. The molecule has 1 aliphatic rings. The number of aldehydes is 1. The zero-order chi connectivity index (χ0) is 15.7. The fourth-order valence-corrected chi connectivity index (χ4v) is 2.04. The molecular weight excluding hydrogens is 271 g/mol. The van der Waals surface area contributed by atoms with Crippen molar-refractivity contribution in [1.29, 1.82) is 0 Å². The van der Waals surface area contributed by atoms with Gasteiger partial charge in [-0.1, -0.05) is 12.1 Å². The molecule has 0 aromatic heterocycles. The van der Waals surface area contributed by atoms with Crippen LogP contribution < -0.4 is 10.2 Å². The fourth-order valence-electron chi connectivity index (χ4n) is 2.04. The summed E-state index contributed by atoms with van der Waals surface area (Å²) in [5.41, 5.74) is 0.414. The smallest absolute Gasteiger partial charge is 0.468 e. The van der Waals surface area contributed by atoms with E-state index in [9.17, 15) is 4.79 Å². The zero-order valence-electron chi connectivity index (χ0n) is 13.1. The van der Waals surface area contributed by atoms with Gasteiger partial charge in [-0.3, -0.25) is 4.79 Å². The third kappa shape index (κ3) is 3.12. The third-order valence-corrected chi connectivity index (χ3v) is 4.01. The zero-order valence-corrected chi connectivity index (χ0v) is 13.1. The number of hydrogen-bond donors (Lipinski definition) is 0. The molecule has 114 valence electrons. The van der Waals surface area contributed by atoms with Gasteiger partial charge in [-0.25, -0.2) is 0 Å². The first-order valence-electron chi connectivity index (χ1n) is 6.87. The van der Waals surface area contributed by atoms with Gasteiger partial charge < -0.3 is 18.8 Å². The van der Waals surface area contributed by atoms with E-state index in [2.05, 4.69) is 0 Å². The van der Waals surface area contributed by atoms with Crippen LogP contribution >= 0.6 is 0 Å². The molecule has 6 heteroatoms. The van der Waals surface area contributed by atoms with Gasteiger partial charge in [-0.05, 0) is 33.8 Å². The molecule has 0 radical (unpaired) electrons. The Morgan fingerprint density at radius 1 is 1.19 bits per heavy atom. The highest BCUT2D eigenvalue weighted by atomic mass is 16.7. The van der Waals surface area contributed by atoms with Crippen molar-refractivity contribution < 1.29 is 23.6 Å². The molecule has 2 rings (SSSR count). The molecule has 5 nitrogen and oxygen atoms in total. The summed E-state index contributed by atoms with van der Waals surface area (Å²) >= 11 is 0. The van der Waals surface area contributed by atoms with Gasteiger partial charge in [0, 0.05) is 18.1 Å². The van der Waals surface area contributed by atoms with E-state index in [1.807, 2.05) is 27.7 Å². The minimum Gasteiger partial charge on any atom is -0.468 e. The maximum absolute atomic E-state index is 10.9. The Balaban J connectivity index is 2.33. The van der Waals surface area contributed by atoms with Gasteiger partial charge in [-0.15, -0.1) is 0 Å². The van der Waals surface area contributed by atoms with E-state index < -0.39 is 18.3 Å². The molecule has 0 atom stereocenters. The van der Waals surface area contributed by atoms with Crippen LogP contribution in [-0.4, -0.2) is 38.5 Å². The molecule has 1 fully saturated rings. The van der Waals surface area contributed by atoms with Crippen molar-refractivity contribution >= 4 is 18.9 Å². The Kier molecular flexibility index (Phi) is 4.42. The van der Waals surface area contributed by atoms with Crippen molar-refractivity contribution in [2.24, 2.45) is 0 Å². The van der Waals surface area contributed by atoms with Crippen molar-refractivity contribution in [3.05, 3.63) is 23.8 Å². The predicted octanol–water partition coefficient (Wildman–Crippen LogP) is 1.78. The van der Waals surface area contributed by atoms with Crippen LogP contribution in [0.5, 0.6) is 5.75 Å². The van der Waals surface area contributed by atoms with Crippen LogP contribution in [0, 0.1) is 0 Å². The predicted molar refractivity (Wildman–Crippen MR) is 80.0 cm³/mol. The first-order chi connectivity index (χ1) is 9.80. The third-order valence-electron chi connectivity index (χ3n) is 4.01. The molecular formula is C15H21BO5. The van der Waals surface area contributed by atoms with E-state index in [1.165, 1.54) is 7.11 Å². The molecule has 0 saturated carbocycles. The topological polar surface area (TPSA) is 54.0 Å². The quantitative estimate of drug-likeness (QED) is 0.470. The van der Waals surface area contributed by atoms with Gasteiger partial charge >= 0.3 is 7.12 Å². The summed E-state index contributed by atoms with van der Waals surface area (Å²) in [4.78, 5) is 10.9. The molecule has 0 N–H and O–H groups in total. The molecule has 1 aromatic rings. The van der Waals surface area contributed by atoms with E-state index in [4.69, 9.17) is 18.8 Å². The first-order valence-corrected chi connectivity index (χ1v) is 6.87. The molecule has 1 aliphatic heterocycles. The number of rotatable bonds is 5. The lowest BCUT2D eigenvalue weighted by Gasteiger charge is -2.32. The van der Waals surface area contributed by atoms with Gasteiger partial charge in [-0.2, -0.15) is 0 Å². The molecule has 0 aliphatic carbocycles. The summed E-state index contributed by atoms with van der Waals surface area (Å²) in [6.45, 7) is 8.05. The number of benzene rings is 1. The van der Waals surface area contributed by atoms with E-state index in [-0.39, 0.29) is 6.79 Å². The number of carbonyl (C=O) groups is 1. The van der Waals surface area contributed by atoms with Gasteiger partial charge in [0.05, 0.1) is 11.2 Å². The SMILES string of the molecule is COCOc1cc(C=O)ccc1B1OC(C)(C)C(C)(C)O1. The van der Waals surface area contributed by atoms with Crippen LogP contribution in [0.2, 0.25) is 0 Å². The van der Waals surface area contributed by atoms with Gasteiger partial charge in [0.2, 0.25) is 0 Å². The summed E-state index contributed by atoms with van der Waals surface area (Å²) in [7, 11) is 1.00. The Morgan fingerprint density at radius 2 is 1.81 bits per heavy atom. The normalized spacial score (nSPS) is 19.6. The summed E-state index contributed by atoms with van der Waals surface area (Å²) in [6, 6.07) is 5.16. The Labute approximate surface area is 125 Å². The minimum atomic E-state index is -0.539. The highest BCUT2D eigenvalue weighted by Crippen LogP contribution is 2.37. The summed E-state index contributed by atoms with van der Waals surface area (Å²) < 4.78 is 22.5. The van der Waals surface area contributed by atoms with Crippen molar-refractivity contribution in [2.75, 3.05) is 13.9 Å². The van der Waals surface area contributed by atoms with E-state index in [0.29, 0.717) is 11.3 Å². The number of hydrogen-bond acceptors (Lipinski definition) is 5. The maximum atomic E-state index is 10.9. The summed E-state index contributed by atoms with van der Waals surface area (Å²) in [6.07, 6.45) is 0.772. The molecule has 21 heavy (non-hydrogen) atoms. The van der Waals surface area contributed by atoms with Gasteiger partial charge in [0.25, 0.3) is 0 Å². The summed E-state index contributed by atoms with van der Waals surface area (Å²) in [5.74, 6) is 0.528. The highest BCUT2D eigenvalue weighted by molar-refractivity contribution is 6.63. The van der Waals surface area contributed by atoms with Crippen LogP contribution in [0.4, 0.5) is 0 Å². The number of methoxy groups -OCH3 is 1. The second-order valence-electron chi connectivity index (χ2n) is 6.05. The standard InChI is InChI=1S/C15H21BO5/c1-14(2)15(3,4)21-16(20-14)12-7-6-11(9-17)8-13(12)19-10-18-5/h6-9H,10H2,1-5H3. The molecule has 1 aromatic carbocycles. The lowest BCUT2D eigenvalue weighted by atomic mass is 9.78. The fraction of sp³-hybridized carbons (Fsp3) is 0.533. The summed E-state index contributed by atoms with van der Waals surface area (Å²) in [5, 5.41) is 0. The van der Waals surface area contributed by atoms with Crippen molar-refractivity contribution in [1.82, 2.24) is 0 Å². The second-order valence-corrected chi connectivity index (χ2v) is 6.05. The van der Waals surface area contributed by atoms with Gasteiger partial charge in [0.15, 0.2) is 6.79 Å². The van der Waals surface area contributed by atoms with Crippen LogP contribution in [0.15, 0.2) is 18.2 Å². The lowest BCUT2D eigenvalue weighted by molar-refractivity contribution is 0.00578. The monoisotopic (exact) mass is 292 g/mol. The molecule has 0 unspecified atom stereocenters. The lowest BCUT2D eigenvalue weighted by Crippen LogP contribution is -2.41. The van der Waals surface area contributed by atoms with E-state index in [1.54, 1.807) is 18.2 Å². The average Bonchev–Trinajstić information content (AvgIpc) is 2.64. The number of ether oxygens (including phenoxy) is 2. The Hall–Kier alpha value is -1.37. The molecule has 0 spiro atoms. The van der Waals surface area contributed by atoms with Crippen LogP contribution in [-0.2, 0) is 14.0 Å². The van der Waals surface area contributed by atoms with E-state index in [0.717, 1.165) is 11.7 Å². The Bertz CT molecular complexity index is 511. The Morgan fingerprint density at radius 3 is 2.33 bits per heavy atom. The second kappa shape index (κ2) is 5.79. The molecule has 1 saturated heterocycles. The van der Waals surface area contributed by atoms with Crippen LogP contribution in [0.1, 0.15) is 38.1 Å². The first kappa shape index (κ1) is 16.0. The largest absolute Gasteiger partial charge is 0.498 e. The number of carbonyl (C=O) groups excluding carboxylic acids is 1. The van der Waals surface area contributed by atoms with E-state index >= 15 is 0 Å².